The molecule has 0 saturated heterocycles. The second-order valence-corrected chi connectivity index (χ2v) is 4.53. The number of carbonyl (C=O) groups is 1. The molecule has 20 heavy (non-hydrogen) atoms. The monoisotopic (exact) mass is 270 g/mol. The summed E-state index contributed by atoms with van der Waals surface area (Å²) in [5.41, 5.74) is 2.18. The van der Waals surface area contributed by atoms with Gasteiger partial charge in [0.05, 0.1) is 13.0 Å². The first-order valence-electron chi connectivity index (χ1n) is 6.75. The Morgan fingerprint density at radius 1 is 0.850 bits per heavy atom. The third-order valence-corrected chi connectivity index (χ3v) is 2.88. The molecular formula is C17H18O3. The smallest absolute Gasteiger partial charge is 0.298 e. The molecule has 3 nitrogen and oxygen atoms in total. The van der Waals surface area contributed by atoms with Crippen molar-refractivity contribution in [1.29, 1.82) is 0 Å². The standard InChI is InChI=1S/C17H18O3/c18-17(14-16-10-5-2-6-11-16)20-19-13-7-12-15-8-3-1-4-9-15/h1-6,8-11H,7,12-14H2. The Bertz CT molecular complexity index is 508. The zero-order valence-electron chi connectivity index (χ0n) is 11.3. The summed E-state index contributed by atoms with van der Waals surface area (Å²) in [6.07, 6.45) is 1.97. The molecule has 0 heterocycles. The summed E-state index contributed by atoms with van der Waals surface area (Å²) in [4.78, 5) is 21.2. The topological polar surface area (TPSA) is 35.5 Å². The molecule has 0 spiro atoms. The Morgan fingerprint density at radius 3 is 2.10 bits per heavy atom. The molecule has 2 rings (SSSR count). The van der Waals surface area contributed by atoms with Gasteiger partial charge in [-0.2, -0.15) is 4.89 Å². The second-order valence-electron chi connectivity index (χ2n) is 4.53. The maximum atomic E-state index is 11.5. The molecule has 0 fully saturated rings. The van der Waals surface area contributed by atoms with Crippen LogP contribution in [0.2, 0.25) is 0 Å². The van der Waals surface area contributed by atoms with Gasteiger partial charge in [-0.25, -0.2) is 4.79 Å². The van der Waals surface area contributed by atoms with Crippen molar-refractivity contribution in [3.05, 3.63) is 71.8 Å². The van der Waals surface area contributed by atoms with E-state index in [1.807, 2.05) is 48.5 Å². The van der Waals surface area contributed by atoms with Crippen molar-refractivity contribution in [3.8, 4) is 0 Å². The molecule has 0 aliphatic rings. The van der Waals surface area contributed by atoms with Crippen LogP contribution < -0.4 is 0 Å². The van der Waals surface area contributed by atoms with Gasteiger partial charge in [0.2, 0.25) is 0 Å². The van der Waals surface area contributed by atoms with E-state index in [1.54, 1.807) is 0 Å². The summed E-state index contributed by atoms with van der Waals surface area (Å²) in [5, 5.41) is 0. The van der Waals surface area contributed by atoms with Crippen LogP contribution in [-0.4, -0.2) is 12.6 Å². The van der Waals surface area contributed by atoms with E-state index in [0.29, 0.717) is 6.61 Å². The normalized spacial score (nSPS) is 10.2. The first kappa shape index (κ1) is 14.3. The summed E-state index contributed by atoms with van der Waals surface area (Å²) in [5.74, 6) is -0.365. The predicted octanol–water partition coefficient (Wildman–Crippen LogP) is 3.34. The van der Waals surface area contributed by atoms with E-state index >= 15 is 0 Å². The maximum Gasteiger partial charge on any atom is 0.346 e. The fourth-order valence-corrected chi connectivity index (χ4v) is 1.88. The van der Waals surface area contributed by atoms with E-state index in [0.717, 1.165) is 18.4 Å². The third-order valence-electron chi connectivity index (χ3n) is 2.88. The quantitative estimate of drug-likeness (QED) is 0.440. The number of carbonyl (C=O) groups excluding carboxylic acids is 1. The minimum Gasteiger partial charge on any atom is -0.298 e. The lowest BCUT2D eigenvalue weighted by Gasteiger charge is -2.04. The molecular weight excluding hydrogens is 252 g/mol. The van der Waals surface area contributed by atoms with Crippen LogP contribution in [0.5, 0.6) is 0 Å². The Morgan fingerprint density at radius 2 is 1.45 bits per heavy atom. The van der Waals surface area contributed by atoms with Crippen molar-refractivity contribution >= 4 is 5.97 Å². The van der Waals surface area contributed by atoms with Crippen LogP contribution in [0, 0.1) is 0 Å². The second kappa shape index (κ2) is 8.12. The zero-order valence-corrected chi connectivity index (χ0v) is 11.3. The van der Waals surface area contributed by atoms with Crippen molar-refractivity contribution in [2.75, 3.05) is 6.61 Å². The van der Waals surface area contributed by atoms with Gasteiger partial charge in [-0.3, -0.25) is 4.89 Å². The number of benzene rings is 2. The van der Waals surface area contributed by atoms with Crippen LogP contribution in [-0.2, 0) is 27.4 Å². The molecule has 0 aliphatic carbocycles. The molecule has 0 unspecified atom stereocenters. The van der Waals surface area contributed by atoms with E-state index in [2.05, 4.69) is 12.1 Å². The van der Waals surface area contributed by atoms with Crippen LogP contribution in [0.4, 0.5) is 0 Å². The first-order chi connectivity index (χ1) is 9.84. The fraction of sp³-hybridized carbons (Fsp3) is 0.235. The van der Waals surface area contributed by atoms with Gasteiger partial charge in [0.15, 0.2) is 0 Å². The van der Waals surface area contributed by atoms with Gasteiger partial charge in [-0.15, -0.1) is 0 Å². The zero-order chi connectivity index (χ0) is 14.0. The van der Waals surface area contributed by atoms with Gasteiger partial charge < -0.3 is 0 Å². The highest BCUT2D eigenvalue weighted by molar-refractivity contribution is 5.71. The van der Waals surface area contributed by atoms with Crippen molar-refractivity contribution in [2.24, 2.45) is 0 Å². The van der Waals surface area contributed by atoms with E-state index in [1.165, 1.54) is 5.56 Å². The number of hydrogen-bond acceptors (Lipinski definition) is 3. The van der Waals surface area contributed by atoms with Crippen LogP contribution in [0.15, 0.2) is 60.7 Å². The minimum absolute atomic E-state index is 0.236. The number of hydrogen-bond donors (Lipinski definition) is 0. The first-order valence-corrected chi connectivity index (χ1v) is 6.75. The molecule has 2 aromatic carbocycles. The van der Waals surface area contributed by atoms with E-state index in [4.69, 9.17) is 9.78 Å². The Kier molecular flexibility index (Phi) is 5.80. The molecule has 0 amide bonds. The lowest BCUT2D eigenvalue weighted by Crippen LogP contribution is -2.09. The van der Waals surface area contributed by atoms with Crippen molar-refractivity contribution in [1.82, 2.24) is 0 Å². The highest BCUT2D eigenvalue weighted by atomic mass is 17.2. The molecule has 0 N–H and O–H groups in total. The van der Waals surface area contributed by atoms with Gasteiger partial charge in [0.1, 0.15) is 0 Å². The van der Waals surface area contributed by atoms with Gasteiger partial charge >= 0.3 is 5.97 Å². The van der Waals surface area contributed by atoms with E-state index in [9.17, 15) is 4.79 Å². The van der Waals surface area contributed by atoms with Crippen molar-refractivity contribution in [2.45, 2.75) is 19.3 Å². The number of aryl methyl sites for hydroxylation is 1. The maximum absolute atomic E-state index is 11.5. The highest BCUT2D eigenvalue weighted by Gasteiger charge is 2.05. The van der Waals surface area contributed by atoms with E-state index < -0.39 is 0 Å². The molecule has 0 radical (unpaired) electrons. The number of rotatable bonds is 7. The van der Waals surface area contributed by atoms with Crippen LogP contribution >= 0.6 is 0 Å². The summed E-state index contributed by atoms with van der Waals surface area (Å²) < 4.78 is 0. The predicted molar refractivity (Wildman–Crippen MR) is 77.0 cm³/mol. The summed E-state index contributed by atoms with van der Waals surface area (Å²) in [6.45, 7) is 0.412. The SMILES string of the molecule is O=C(Cc1ccccc1)OOCCCc1ccccc1. The van der Waals surface area contributed by atoms with Gasteiger partial charge in [-0.1, -0.05) is 60.7 Å². The molecule has 0 aliphatic heterocycles. The molecule has 0 saturated carbocycles. The largest absolute Gasteiger partial charge is 0.346 e. The van der Waals surface area contributed by atoms with Crippen LogP contribution in [0.3, 0.4) is 0 Å². The van der Waals surface area contributed by atoms with Crippen molar-refractivity contribution in [3.63, 3.8) is 0 Å². The average Bonchev–Trinajstić information content (AvgIpc) is 2.49. The molecule has 0 atom stereocenters. The summed E-state index contributed by atoms with van der Waals surface area (Å²) >= 11 is 0. The molecule has 104 valence electrons. The van der Waals surface area contributed by atoms with Gasteiger partial charge in [0, 0.05) is 0 Å². The minimum atomic E-state index is -0.365. The van der Waals surface area contributed by atoms with Gasteiger partial charge in [-0.05, 0) is 24.0 Å². The van der Waals surface area contributed by atoms with Gasteiger partial charge in [0.25, 0.3) is 0 Å². The van der Waals surface area contributed by atoms with Crippen LogP contribution in [0.1, 0.15) is 17.5 Å². The fourth-order valence-electron chi connectivity index (χ4n) is 1.88. The molecule has 2 aromatic rings. The Hall–Kier alpha value is -2.13. The Labute approximate surface area is 119 Å². The molecule has 3 heteroatoms. The lowest BCUT2D eigenvalue weighted by molar-refractivity contribution is -0.271. The third kappa shape index (κ3) is 5.24. The lowest BCUT2D eigenvalue weighted by atomic mass is 10.1. The summed E-state index contributed by atoms with van der Waals surface area (Å²) in [7, 11) is 0. The summed E-state index contributed by atoms with van der Waals surface area (Å²) in [6, 6.07) is 19.6. The highest BCUT2D eigenvalue weighted by Crippen LogP contribution is 2.04. The van der Waals surface area contributed by atoms with E-state index in [-0.39, 0.29) is 12.4 Å². The Balaban J connectivity index is 1.58. The molecule has 0 bridgehead atoms. The average molecular weight is 270 g/mol. The van der Waals surface area contributed by atoms with Crippen LogP contribution in [0.25, 0.3) is 0 Å². The van der Waals surface area contributed by atoms with Crippen molar-refractivity contribution < 1.29 is 14.6 Å². The molecule has 0 aromatic heterocycles.